The van der Waals surface area contributed by atoms with Crippen molar-refractivity contribution in [2.24, 2.45) is 0 Å². The molecular formula is C37H71O3PS. The predicted octanol–water partition coefficient (Wildman–Crippen LogP) is 12.3. The summed E-state index contributed by atoms with van der Waals surface area (Å²) < 4.78 is 36.7. The van der Waals surface area contributed by atoms with Crippen molar-refractivity contribution in [1.29, 1.82) is 0 Å². The number of hydrogen-bond acceptors (Lipinski definition) is 3. The molecule has 1 aromatic rings. The van der Waals surface area contributed by atoms with E-state index in [9.17, 15) is 8.42 Å². The van der Waals surface area contributed by atoms with Gasteiger partial charge in [-0.25, -0.2) is 0 Å². The molecule has 0 atom stereocenters. The van der Waals surface area contributed by atoms with Crippen molar-refractivity contribution in [3.8, 4) is 0 Å². The summed E-state index contributed by atoms with van der Waals surface area (Å²) in [5.41, 5.74) is 3.82. The zero-order valence-electron chi connectivity index (χ0n) is 29.2. The van der Waals surface area contributed by atoms with Crippen LogP contribution in [-0.4, -0.2) is 33.1 Å². The van der Waals surface area contributed by atoms with Gasteiger partial charge in [-0.1, -0.05) is 0 Å². The Morgan fingerprint density at radius 1 is 0.500 bits per heavy atom. The fraction of sp³-hybridized carbons (Fsp3) is 0.838. The van der Waals surface area contributed by atoms with Crippen LogP contribution in [0.2, 0.25) is 0 Å². The van der Waals surface area contributed by atoms with Crippen LogP contribution in [0.3, 0.4) is 0 Å². The summed E-state index contributed by atoms with van der Waals surface area (Å²) in [5, 5.41) is 0. The van der Waals surface area contributed by atoms with Crippen LogP contribution < -0.4 is 0 Å². The Morgan fingerprint density at radius 3 is 1.29 bits per heavy atom. The summed E-state index contributed by atoms with van der Waals surface area (Å²) in [6, 6.07) is 4.13. The van der Waals surface area contributed by atoms with Crippen molar-refractivity contribution in [3.63, 3.8) is 0 Å². The minimum atomic E-state index is -3.90. The molecule has 248 valence electrons. The zero-order chi connectivity index (χ0) is 31.3. The van der Waals surface area contributed by atoms with E-state index >= 15 is 0 Å². The zero-order valence-corrected chi connectivity index (χ0v) is 30.9. The molecule has 42 heavy (non-hydrogen) atoms. The molecule has 0 aliphatic rings. The van der Waals surface area contributed by atoms with Crippen LogP contribution in [0.5, 0.6) is 0 Å². The number of benzene rings is 1. The number of hydrogen-bond donors (Lipinski definition) is 0. The van der Waals surface area contributed by atoms with E-state index in [0.717, 1.165) is 127 Å². The van der Waals surface area contributed by atoms with Gasteiger partial charge in [0.25, 0.3) is 0 Å². The Morgan fingerprint density at radius 2 is 0.881 bits per heavy atom. The normalized spacial score (nSPS) is 13.4. The SMILES string of the molecule is CCCCCc1ccc(S(=O)(=O)OP(CCCC)(CCCC)(CCCC)CCCC)c(CCCCC)c1CCCCC. The summed E-state index contributed by atoms with van der Waals surface area (Å²) in [6.45, 7) is 12.7. The van der Waals surface area contributed by atoms with Gasteiger partial charge in [0.1, 0.15) is 0 Å². The number of aryl methyl sites for hydroxylation is 1. The third kappa shape index (κ3) is 12.5. The minimum absolute atomic E-state index is 0.513. The van der Waals surface area contributed by atoms with Gasteiger partial charge in [0.2, 0.25) is 0 Å². The van der Waals surface area contributed by atoms with E-state index in [1.165, 1.54) is 43.2 Å². The van der Waals surface area contributed by atoms with Crippen molar-refractivity contribution >= 4 is 16.9 Å². The first kappa shape index (κ1) is 39.6. The van der Waals surface area contributed by atoms with Crippen LogP contribution in [-0.2, 0) is 33.4 Å². The van der Waals surface area contributed by atoms with Gasteiger partial charge in [-0.2, -0.15) is 0 Å². The van der Waals surface area contributed by atoms with E-state index in [4.69, 9.17) is 3.97 Å². The molecular weight excluding hydrogens is 555 g/mol. The van der Waals surface area contributed by atoms with Crippen LogP contribution in [0.25, 0.3) is 0 Å². The van der Waals surface area contributed by atoms with E-state index in [2.05, 4.69) is 54.5 Å². The van der Waals surface area contributed by atoms with Crippen molar-refractivity contribution in [2.75, 3.05) is 24.6 Å². The van der Waals surface area contributed by atoms with Gasteiger partial charge in [0.15, 0.2) is 0 Å². The Balaban J connectivity index is 3.87. The van der Waals surface area contributed by atoms with E-state index < -0.39 is 16.9 Å². The molecule has 5 heteroatoms. The van der Waals surface area contributed by atoms with Crippen LogP contribution in [0, 0.1) is 0 Å². The molecule has 0 aliphatic heterocycles. The maximum atomic E-state index is 14.8. The van der Waals surface area contributed by atoms with Gasteiger partial charge >= 0.3 is 265 Å². The Kier molecular flexibility index (Phi) is 20.1. The predicted molar refractivity (Wildman–Crippen MR) is 190 cm³/mol. The Labute approximate surface area is 263 Å². The van der Waals surface area contributed by atoms with E-state index in [1.54, 1.807) is 0 Å². The monoisotopic (exact) mass is 626 g/mol. The molecule has 0 spiro atoms. The van der Waals surface area contributed by atoms with Crippen LogP contribution >= 0.6 is 6.83 Å². The number of rotatable bonds is 27. The molecule has 0 N–H and O–H groups in total. The molecule has 0 unspecified atom stereocenters. The average molecular weight is 627 g/mol. The van der Waals surface area contributed by atoms with E-state index in [0.29, 0.717) is 4.90 Å². The topological polar surface area (TPSA) is 43.4 Å². The molecule has 0 aromatic heterocycles. The van der Waals surface area contributed by atoms with Crippen LogP contribution in [0.4, 0.5) is 0 Å². The maximum absolute atomic E-state index is 14.8. The second-order valence-electron chi connectivity index (χ2n) is 13.2. The standard InChI is InChI=1S/C37H71O3PS/c1-8-15-22-25-34-28-29-37(36(27-24-17-10-3)35(34)26-23-16-9-2)42(38,39)40-41(30-18-11-4,31-19-12-5,32-20-13-6)33-21-14-7/h28-29H,8-27,30-33H2,1-7H3. The fourth-order valence-electron chi connectivity index (χ4n) is 6.81. The molecule has 1 aromatic carbocycles. The van der Waals surface area contributed by atoms with Gasteiger partial charge in [0.05, 0.1) is 0 Å². The van der Waals surface area contributed by atoms with E-state index in [1.807, 2.05) is 6.07 Å². The third-order valence-corrected chi connectivity index (χ3v) is 18.7. The molecule has 3 nitrogen and oxygen atoms in total. The molecule has 0 aliphatic carbocycles. The van der Waals surface area contributed by atoms with Crippen molar-refractivity contribution in [2.45, 2.75) is 182 Å². The summed E-state index contributed by atoms with van der Waals surface area (Å²) in [7, 11) is -3.90. The van der Waals surface area contributed by atoms with Crippen LogP contribution in [0.1, 0.15) is 174 Å². The fourth-order valence-corrected chi connectivity index (χ4v) is 17.1. The molecule has 0 saturated heterocycles. The Hall–Kier alpha value is -0.440. The summed E-state index contributed by atoms with van der Waals surface area (Å²) in [6.07, 6.45) is 25.7. The molecule has 1 rings (SSSR count). The summed E-state index contributed by atoms with van der Waals surface area (Å²) in [5.74, 6) is 0. The first-order valence-corrected chi connectivity index (χ1v) is 22.6. The summed E-state index contributed by atoms with van der Waals surface area (Å²) in [4.78, 5) is 0.513. The van der Waals surface area contributed by atoms with Gasteiger partial charge < -0.3 is 0 Å². The molecule has 0 bridgehead atoms. The van der Waals surface area contributed by atoms with Crippen LogP contribution in [0.15, 0.2) is 17.0 Å². The molecule has 0 heterocycles. The first-order chi connectivity index (χ1) is 20.2. The molecule has 0 amide bonds. The molecule has 0 fully saturated rings. The second kappa shape index (κ2) is 21.3. The van der Waals surface area contributed by atoms with Gasteiger partial charge in [-0.05, 0) is 0 Å². The van der Waals surface area contributed by atoms with Gasteiger partial charge in [-0.15, -0.1) is 0 Å². The Bertz CT molecular complexity index is 912. The van der Waals surface area contributed by atoms with Crippen molar-refractivity contribution in [1.82, 2.24) is 0 Å². The van der Waals surface area contributed by atoms with Gasteiger partial charge in [-0.3, -0.25) is 0 Å². The first-order valence-electron chi connectivity index (χ1n) is 18.3. The van der Waals surface area contributed by atoms with Crippen molar-refractivity contribution in [3.05, 3.63) is 28.8 Å². The second-order valence-corrected chi connectivity index (χ2v) is 20.7. The van der Waals surface area contributed by atoms with Gasteiger partial charge in [0, 0.05) is 0 Å². The van der Waals surface area contributed by atoms with Crippen molar-refractivity contribution < 1.29 is 12.4 Å². The third-order valence-electron chi connectivity index (χ3n) is 9.48. The van der Waals surface area contributed by atoms with E-state index in [-0.39, 0.29) is 0 Å². The molecule has 0 radical (unpaired) electrons. The average Bonchev–Trinajstić information content (AvgIpc) is 2.98. The number of unbranched alkanes of at least 4 members (excludes halogenated alkanes) is 10. The molecule has 0 saturated carbocycles. The summed E-state index contributed by atoms with van der Waals surface area (Å²) >= 11 is 0. The quantitative estimate of drug-likeness (QED) is 0.0721.